The summed E-state index contributed by atoms with van der Waals surface area (Å²) < 4.78 is 2.16. The summed E-state index contributed by atoms with van der Waals surface area (Å²) in [7, 11) is 0. The van der Waals surface area contributed by atoms with Crippen LogP contribution in [0.1, 0.15) is 61.4 Å². The third kappa shape index (κ3) is 4.69. The highest BCUT2D eigenvalue weighted by molar-refractivity contribution is 6.18. The Hall–Kier alpha value is -5.29. The summed E-state index contributed by atoms with van der Waals surface area (Å²) in [4.78, 5) is 27.2. The van der Waals surface area contributed by atoms with Gasteiger partial charge >= 0.3 is 0 Å². The van der Waals surface area contributed by atoms with Crippen LogP contribution < -0.4 is 0 Å². The van der Waals surface area contributed by atoms with Crippen LogP contribution in [-0.4, -0.2) is 27.6 Å². The predicted octanol–water partition coefficient (Wildman–Crippen LogP) is 8.43. The Morgan fingerprint density at radius 3 is 1.62 bits per heavy atom. The first-order valence-electron chi connectivity index (χ1n) is 13.9. The fourth-order valence-electron chi connectivity index (χ4n) is 5.66. The van der Waals surface area contributed by atoms with Crippen LogP contribution in [0, 0.1) is 13.8 Å². The number of aromatic nitrogens is 1. The van der Waals surface area contributed by atoms with Crippen LogP contribution >= 0.6 is 0 Å². The monoisotopic (exact) mass is 550 g/mol. The van der Waals surface area contributed by atoms with Gasteiger partial charge in [-0.3, -0.25) is 9.59 Å². The Morgan fingerprint density at radius 1 is 0.690 bits per heavy atom. The van der Waals surface area contributed by atoms with E-state index in [1.807, 2.05) is 130 Å². The number of aryl methyl sites for hydroxylation is 2. The molecule has 0 saturated carbocycles. The summed E-state index contributed by atoms with van der Waals surface area (Å²) in [6, 6.07) is 34.9. The Labute approximate surface area is 244 Å². The molecule has 5 aromatic carbocycles. The van der Waals surface area contributed by atoms with Gasteiger partial charge in [0, 0.05) is 44.6 Å². The lowest BCUT2D eigenvalue weighted by Crippen LogP contribution is -2.03. The molecule has 0 spiro atoms. The largest absolute Gasteiger partial charge is 0.411 e. The van der Waals surface area contributed by atoms with Crippen molar-refractivity contribution in [3.8, 4) is 5.69 Å². The highest BCUT2D eigenvalue weighted by Crippen LogP contribution is 2.35. The molecule has 42 heavy (non-hydrogen) atoms. The van der Waals surface area contributed by atoms with Crippen molar-refractivity contribution >= 4 is 39.6 Å². The van der Waals surface area contributed by atoms with E-state index in [1.54, 1.807) is 0 Å². The third-order valence-corrected chi connectivity index (χ3v) is 8.04. The van der Waals surface area contributed by atoms with Gasteiger partial charge < -0.3 is 9.77 Å². The Morgan fingerprint density at radius 2 is 1.17 bits per heavy atom. The lowest BCUT2D eigenvalue weighted by atomic mass is 9.96. The van der Waals surface area contributed by atoms with E-state index < -0.39 is 0 Å². The topological polar surface area (TPSA) is 71.7 Å². The average Bonchev–Trinajstić information content (AvgIpc) is 3.34. The number of rotatable bonds is 7. The molecule has 0 aliphatic carbocycles. The zero-order chi connectivity index (χ0) is 29.4. The van der Waals surface area contributed by atoms with Gasteiger partial charge in [-0.1, -0.05) is 67.6 Å². The van der Waals surface area contributed by atoms with E-state index in [0.29, 0.717) is 22.3 Å². The maximum atomic E-state index is 13.6. The third-order valence-electron chi connectivity index (χ3n) is 8.04. The van der Waals surface area contributed by atoms with Crippen molar-refractivity contribution in [3.63, 3.8) is 0 Å². The number of benzene rings is 5. The number of carbonyl (C=O) groups excluding carboxylic acids is 2. The van der Waals surface area contributed by atoms with Gasteiger partial charge in [-0.2, -0.15) is 0 Å². The molecule has 1 aromatic heterocycles. The lowest BCUT2D eigenvalue weighted by molar-refractivity contribution is 0.103. The molecular weight excluding hydrogens is 520 g/mol. The molecule has 0 fully saturated rings. The van der Waals surface area contributed by atoms with Crippen LogP contribution in [0.3, 0.4) is 0 Å². The molecule has 1 unspecified atom stereocenters. The summed E-state index contributed by atoms with van der Waals surface area (Å²) in [6.07, 6.45) is 1.50. The molecule has 0 aliphatic heterocycles. The number of carbonyl (C=O) groups is 2. The molecule has 206 valence electrons. The molecule has 1 atom stereocenters. The SMILES string of the molecule is Cc1ccccc1C(=O)c1ccc2c(c1)c1cc(C(=O)c3ccccc3C)ccc1n2-c1ccc(C(C)C=NO)cc1. The van der Waals surface area contributed by atoms with E-state index in [1.165, 1.54) is 6.21 Å². The number of hydrogen-bond acceptors (Lipinski definition) is 4. The zero-order valence-corrected chi connectivity index (χ0v) is 23.7. The molecule has 0 bridgehead atoms. The Bertz CT molecular complexity index is 1900. The lowest BCUT2D eigenvalue weighted by Gasteiger charge is -2.11. The van der Waals surface area contributed by atoms with Crippen molar-refractivity contribution in [1.82, 2.24) is 4.57 Å². The fraction of sp³-hybridized carbons (Fsp3) is 0.108. The van der Waals surface area contributed by atoms with E-state index in [9.17, 15) is 9.59 Å². The normalized spacial score (nSPS) is 12.3. The van der Waals surface area contributed by atoms with Gasteiger partial charge in [-0.15, -0.1) is 5.16 Å². The highest BCUT2D eigenvalue weighted by Gasteiger charge is 2.19. The van der Waals surface area contributed by atoms with Gasteiger partial charge in [0.05, 0.1) is 17.2 Å². The van der Waals surface area contributed by atoms with Crippen molar-refractivity contribution < 1.29 is 14.8 Å². The van der Waals surface area contributed by atoms with E-state index >= 15 is 0 Å². The average molecular weight is 551 g/mol. The second-order valence-corrected chi connectivity index (χ2v) is 10.7. The first-order chi connectivity index (χ1) is 20.4. The molecule has 1 heterocycles. The zero-order valence-electron chi connectivity index (χ0n) is 23.7. The van der Waals surface area contributed by atoms with Crippen molar-refractivity contribution in [1.29, 1.82) is 0 Å². The molecule has 0 amide bonds. The number of ketones is 2. The number of fused-ring (bicyclic) bond motifs is 3. The summed E-state index contributed by atoms with van der Waals surface area (Å²) in [5, 5.41) is 13.9. The Balaban J connectivity index is 1.55. The summed E-state index contributed by atoms with van der Waals surface area (Å²) in [5.74, 6) is -0.105. The van der Waals surface area contributed by atoms with Crippen LogP contribution in [0.5, 0.6) is 0 Å². The molecule has 0 saturated heterocycles. The smallest absolute Gasteiger partial charge is 0.193 e. The van der Waals surface area contributed by atoms with Crippen molar-refractivity contribution in [2.75, 3.05) is 0 Å². The molecule has 6 rings (SSSR count). The van der Waals surface area contributed by atoms with Gasteiger partial charge in [-0.25, -0.2) is 0 Å². The molecule has 0 aliphatic rings. The van der Waals surface area contributed by atoms with Gasteiger partial charge in [-0.05, 0) is 79.1 Å². The van der Waals surface area contributed by atoms with Crippen LogP contribution in [0.4, 0.5) is 0 Å². The molecular formula is C37H30N2O3. The number of oxime groups is 1. The standard InChI is InChI=1S/C37H30N2O3/c1-23-8-4-6-10-30(23)36(40)27-14-18-34-32(20-27)33-21-28(37(41)31-11-7-5-9-24(31)2)15-19-35(33)39(34)29-16-12-26(13-17-29)25(3)22-38-42/h4-22,25,42H,1-3H3. The minimum absolute atomic E-state index is 0.0350. The van der Waals surface area contributed by atoms with Gasteiger partial charge in [0.1, 0.15) is 0 Å². The maximum absolute atomic E-state index is 13.6. The maximum Gasteiger partial charge on any atom is 0.193 e. The quantitative estimate of drug-likeness (QED) is 0.0938. The van der Waals surface area contributed by atoms with E-state index in [4.69, 9.17) is 5.21 Å². The minimum atomic E-state index is -0.0353. The first-order valence-corrected chi connectivity index (χ1v) is 13.9. The van der Waals surface area contributed by atoms with Crippen LogP contribution in [-0.2, 0) is 0 Å². The van der Waals surface area contributed by atoms with E-state index in [-0.39, 0.29) is 17.5 Å². The van der Waals surface area contributed by atoms with Crippen molar-refractivity contribution in [3.05, 3.63) is 148 Å². The van der Waals surface area contributed by atoms with E-state index in [0.717, 1.165) is 44.2 Å². The summed E-state index contributed by atoms with van der Waals surface area (Å²) in [6.45, 7) is 5.85. The predicted molar refractivity (Wildman–Crippen MR) is 169 cm³/mol. The van der Waals surface area contributed by atoms with Crippen LogP contribution in [0.25, 0.3) is 27.5 Å². The molecule has 5 heteroatoms. The summed E-state index contributed by atoms with van der Waals surface area (Å²) in [5.41, 5.74) is 8.23. The molecule has 6 aromatic rings. The van der Waals surface area contributed by atoms with Crippen molar-refractivity contribution in [2.45, 2.75) is 26.7 Å². The van der Waals surface area contributed by atoms with Crippen LogP contribution in [0.2, 0.25) is 0 Å². The van der Waals surface area contributed by atoms with Gasteiger partial charge in [0.25, 0.3) is 0 Å². The second kappa shape index (κ2) is 10.9. The molecule has 1 N–H and O–H groups in total. The number of hydrogen-bond donors (Lipinski definition) is 1. The van der Waals surface area contributed by atoms with Crippen molar-refractivity contribution in [2.24, 2.45) is 5.16 Å². The first kappa shape index (κ1) is 26.9. The summed E-state index contributed by atoms with van der Waals surface area (Å²) >= 11 is 0. The fourth-order valence-corrected chi connectivity index (χ4v) is 5.66. The number of nitrogens with zero attached hydrogens (tertiary/aromatic N) is 2. The van der Waals surface area contributed by atoms with Crippen LogP contribution in [0.15, 0.2) is 114 Å². The highest BCUT2D eigenvalue weighted by atomic mass is 16.4. The minimum Gasteiger partial charge on any atom is -0.411 e. The molecule has 5 nitrogen and oxygen atoms in total. The van der Waals surface area contributed by atoms with Gasteiger partial charge in [0.15, 0.2) is 11.6 Å². The van der Waals surface area contributed by atoms with E-state index in [2.05, 4.69) is 9.72 Å². The second-order valence-electron chi connectivity index (χ2n) is 10.7. The van der Waals surface area contributed by atoms with Gasteiger partial charge in [0.2, 0.25) is 0 Å². The Kier molecular flexibility index (Phi) is 7.01. The molecule has 0 radical (unpaired) electrons.